The molecule has 2 aromatic carbocycles. The number of benzene rings is 2. The van der Waals surface area contributed by atoms with E-state index in [1.807, 2.05) is 0 Å². The zero-order valence-electron chi connectivity index (χ0n) is 24.5. The summed E-state index contributed by atoms with van der Waals surface area (Å²) in [6.45, 7) is -1.31. The molecule has 2 fully saturated rings. The number of fused-ring (bicyclic) bond motifs is 1. The second-order valence-corrected chi connectivity index (χ2v) is 11.1. The first kappa shape index (κ1) is 34.7. The molecule has 0 saturated carbocycles. The number of aromatic hydroxyl groups is 5. The van der Waals surface area contributed by atoms with E-state index in [2.05, 4.69) is 0 Å². The van der Waals surface area contributed by atoms with Gasteiger partial charge in [0.15, 0.2) is 35.7 Å². The Kier molecular flexibility index (Phi) is 10.0. The standard InChI is InChI=1S/C29H32O19/c30-10-3-12(31)11-5-17(26(45-16(11)4-10)9-1-13(32)21(38)14(33)2-9)46-29-27(48-28-25(42)22(39)15(34)7-44-28)24(41)23(40)18(47-29)8-43-20(37)6-19(35)36/h1-5,15,18,22-34,38-42H,6-8H2,(H,35,36). The lowest BCUT2D eigenvalue weighted by atomic mass is 9.97. The summed E-state index contributed by atoms with van der Waals surface area (Å²) >= 11 is 0. The van der Waals surface area contributed by atoms with E-state index in [9.17, 15) is 60.7 Å². The number of aliphatic carboxylic acids is 1. The van der Waals surface area contributed by atoms with Crippen molar-refractivity contribution >= 4 is 18.0 Å². The molecule has 0 amide bonds. The zero-order chi connectivity index (χ0) is 35.0. The van der Waals surface area contributed by atoms with E-state index in [0.29, 0.717) is 0 Å². The molecule has 0 radical (unpaired) electrons. The summed E-state index contributed by atoms with van der Waals surface area (Å²) in [5.41, 5.74) is -0.124. The molecule has 3 aliphatic rings. The molecule has 48 heavy (non-hydrogen) atoms. The Morgan fingerprint density at radius 3 is 2.19 bits per heavy atom. The van der Waals surface area contributed by atoms with Gasteiger partial charge in [0.25, 0.3) is 0 Å². The molecule has 2 aromatic rings. The second-order valence-electron chi connectivity index (χ2n) is 11.1. The van der Waals surface area contributed by atoms with Crippen molar-refractivity contribution in [1.29, 1.82) is 0 Å². The molecule has 5 rings (SSSR count). The van der Waals surface area contributed by atoms with Crippen LogP contribution in [0.15, 0.2) is 30.0 Å². The summed E-state index contributed by atoms with van der Waals surface area (Å²) in [4.78, 5) is 22.8. The minimum Gasteiger partial charge on any atom is -0.508 e. The van der Waals surface area contributed by atoms with Crippen molar-refractivity contribution in [2.24, 2.45) is 0 Å². The summed E-state index contributed by atoms with van der Waals surface area (Å²) in [5.74, 6) is -6.45. The third-order valence-electron chi connectivity index (χ3n) is 7.64. The van der Waals surface area contributed by atoms with Crippen molar-refractivity contribution in [1.82, 2.24) is 0 Å². The monoisotopic (exact) mass is 684 g/mol. The van der Waals surface area contributed by atoms with Crippen LogP contribution < -0.4 is 4.74 Å². The van der Waals surface area contributed by atoms with Gasteiger partial charge in [-0.15, -0.1) is 0 Å². The Morgan fingerprint density at radius 1 is 0.833 bits per heavy atom. The number of aliphatic hydroxyl groups excluding tert-OH is 5. The van der Waals surface area contributed by atoms with Gasteiger partial charge in [0.1, 0.15) is 72.7 Å². The molecule has 0 aromatic heterocycles. The fraction of sp³-hybridized carbons (Fsp3) is 0.448. The normalized spacial score (nSPS) is 31.6. The highest BCUT2D eigenvalue weighted by Crippen LogP contribution is 2.47. The molecule has 0 bridgehead atoms. The number of carboxylic acids is 1. The summed E-state index contributed by atoms with van der Waals surface area (Å²) in [5, 5.41) is 112. The van der Waals surface area contributed by atoms with Crippen LogP contribution in [0.4, 0.5) is 0 Å². The van der Waals surface area contributed by atoms with Crippen molar-refractivity contribution in [3.05, 3.63) is 41.2 Å². The van der Waals surface area contributed by atoms with E-state index in [0.717, 1.165) is 24.3 Å². The fourth-order valence-corrected chi connectivity index (χ4v) is 5.17. The van der Waals surface area contributed by atoms with Gasteiger partial charge in [0.2, 0.25) is 6.29 Å². The SMILES string of the molecule is O=C(O)CC(=O)OCC1OC(OC2=Cc3c(O)cc(O)cc3OC2c2cc(O)c(O)c(O)c2)C(OC2OCC(O)C(O)C2O)C(O)C1O. The summed E-state index contributed by atoms with van der Waals surface area (Å²) in [6, 6.07) is 4.08. The topological polar surface area (TPSA) is 312 Å². The quantitative estimate of drug-likeness (QED) is 0.0772. The Labute approximate surface area is 269 Å². The van der Waals surface area contributed by atoms with Crippen molar-refractivity contribution < 1.29 is 94.2 Å². The highest BCUT2D eigenvalue weighted by Gasteiger charge is 2.51. The average Bonchev–Trinajstić information content (AvgIpc) is 3.02. The maximum atomic E-state index is 11.9. The summed E-state index contributed by atoms with van der Waals surface area (Å²) in [7, 11) is 0. The van der Waals surface area contributed by atoms with Gasteiger partial charge < -0.3 is 84.6 Å². The van der Waals surface area contributed by atoms with Crippen LogP contribution in [0.25, 0.3) is 6.08 Å². The Bertz CT molecular complexity index is 1540. The second kappa shape index (κ2) is 13.9. The van der Waals surface area contributed by atoms with E-state index in [4.69, 9.17) is 33.5 Å². The van der Waals surface area contributed by atoms with Crippen molar-refractivity contribution in [3.8, 4) is 34.5 Å². The molecule has 10 unspecified atom stereocenters. The van der Waals surface area contributed by atoms with Crippen LogP contribution in [0, 0.1) is 0 Å². The van der Waals surface area contributed by atoms with Gasteiger partial charge in [-0.2, -0.15) is 0 Å². The van der Waals surface area contributed by atoms with E-state index >= 15 is 0 Å². The Morgan fingerprint density at radius 2 is 1.52 bits per heavy atom. The first-order chi connectivity index (χ1) is 22.6. The molecule has 3 aliphatic heterocycles. The highest BCUT2D eigenvalue weighted by atomic mass is 16.8. The number of ether oxygens (including phenoxy) is 6. The van der Waals surface area contributed by atoms with Crippen molar-refractivity contribution in [2.45, 2.75) is 67.8 Å². The van der Waals surface area contributed by atoms with Gasteiger partial charge in [-0.05, 0) is 18.2 Å². The third-order valence-corrected chi connectivity index (χ3v) is 7.64. The van der Waals surface area contributed by atoms with Gasteiger partial charge in [-0.1, -0.05) is 0 Å². The first-order valence-corrected chi connectivity index (χ1v) is 14.2. The number of phenolic OH excluding ortho intramolecular Hbond substituents is 5. The van der Waals surface area contributed by atoms with E-state index < -0.39 is 122 Å². The molecule has 3 heterocycles. The lowest BCUT2D eigenvalue weighted by molar-refractivity contribution is -0.352. The number of phenols is 5. The van der Waals surface area contributed by atoms with E-state index in [1.165, 1.54) is 6.08 Å². The number of aliphatic hydroxyl groups is 5. The lowest BCUT2D eigenvalue weighted by Crippen LogP contribution is -2.63. The molecule has 262 valence electrons. The van der Waals surface area contributed by atoms with Crippen LogP contribution in [-0.2, 0) is 33.3 Å². The van der Waals surface area contributed by atoms with Crippen LogP contribution in [-0.4, -0.2) is 137 Å². The van der Waals surface area contributed by atoms with Crippen LogP contribution in [0.2, 0.25) is 0 Å². The predicted octanol–water partition coefficient (Wildman–Crippen LogP) is -2.01. The molecular formula is C29H32O19. The van der Waals surface area contributed by atoms with Gasteiger partial charge in [-0.3, -0.25) is 9.59 Å². The molecule has 19 heteroatoms. The van der Waals surface area contributed by atoms with Crippen LogP contribution in [0.1, 0.15) is 23.7 Å². The molecule has 0 aliphatic carbocycles. The van der Waals surface area contributed by atoms with Gasteiger partial charge in [0.05, 0.1) is 12.2 Å². The number of rotatable bonds is 9. The molecule has 19 nitrogen and oxygen atoms in total. The molecule has 11 N–H and O–H groups in total. The minimum absolute atomic E-state index is 0.0533. The predicted molar refractivity (Wildman–Crippen MR) is 150 cm³/mol. The Hall–Kier alpha value is -4.60. The van der Waals surface area contributed by atoms with Crippen molar-refractivity contribution in [3.63, 3.8) is 0 Å². The van der Waals surface area contributed by atoms with Gasteiger partial charge >= 0.3 is 11.9 Å². The average molecular weight is 685 g/mol. The largest absolute Gasteiger partial charge is 0.508 e. The Balaban J connectivity index is 1.52. The van der Waals surface area contributed by atoms with Crippen molar-refractivity contribution in [2.75, 3.05) is 13.2 Å². The molecule has 10 atom stereocenters. The fourth-order valence-electron chi connectivity index (χ4n) is 5.17. The maximum absolute atomic E-state index is 11.9. The molecule has 0 spiro atoms. The van der Waals surface area contributed by atoms with Gasteiger partial charge in [-0.25, -0.2) is 0 Å². The summed E-state index contributed by atoms with van der Waals surface area (Å²) in [6.07, 6.45) is -17.4. The number of hydrogen-bond donors (Lipinski definition) is 11. The smallest absolute Gasteiger partial charge is 0.317 e. The highest BCUT2D eigenvalue weighted by molar-refractivity contribution is 5.90. The first-order valence-electron chi connectivity index (χ1n) is 14.2. The summed E-state index contributed by atoms with van der Waals surface area (Å²) < 4.78 is 33.6. The van der Waals surface area contributed by atoms with Crippen LogP contribution in [0.5, 0.6) is 34.5 Å². The number of carboxylic acid groups (broad SMARTS) is 1. The van der Waals surface area contributed by atoms with Crippen LogP contribution in [0.3, 0.4) is 0 Å². The number of esters is 1. The molecular weight excluding hydrogens is 652 g/mol. The zero-order valence-corrected chi connectivity index (χ0v) is 24.5. The molecule has 2 saturated heterocycles. The number of hydrogen-bond acceptors (Lipinski definition) is 18. The number of carbonyl (C=O) groups excluding carboxylic acids is 1. The maximum Gasteiger partial charge on any atom is 0.317 e. The minimum atomic E-state index is -1.99. The lowest BCUT2D eigenvalue weighted by Gasteiger charge is -2.45. The number of carbonyl (C=O) groups is 2. The van der Waals surface area contributed by atoms with Gasteiger partial charge in [0, 0.05) is 17.7 Å². The van der Waals surface area contributed by atoms with Crippen LogP contribution >= 0.6 is 0 Å². The van der Waals surface area contributed by atoms with E-state index in [-0.39, 0.29) is 22.6 Å². The third kappa shape index (κ3) is 7.12. The van der Waals surface area contributed by atoms with E-state index in [1.54, 1.807) is 0 Å².